The fourth-order valence-corrected chi connectivity index (χ4v) is 1.57. The normalized spacial score (nSPS) is 10.3. The van der Waals surface area contributed by atoms with Gasteiger partial charge in [-0.05, 0) is 29.8 Å². The molecule has 0 atom stereocenters. The van der Waals surface area contributed by atoms with Crippen LogP contribution in [0.2, 0.25) is 5.02 Å². The van der Waals surface area contributed by atoms with Gasteiger partial charge in [0, 0.05) is 6.54 Å². The summed E-state index contributed by atoms with van der Waals surface area (Å²) in [6, 6.07) is 10.8. The molecule has 0 fully saturated rings. The lowest BCUT2D eigenvalue weighted by Gasteiger charge is -2.07. The van der Waals surface area contributed by atoms with Crippen molar-refractivity contribution < 1.29 is 8.78 Å². The molecule has 2 rings (SSSR count). The zero-order valence-corrected chi connectivity index (χ0v) is 9.64. The standard InChI is InChI=1S/C13H10ClF2N/c14-10-6-5-9(7-12(10)16)8-17-13-4-2-1-3-11(13)15/h1-7,17H,8H2. The van der Waals surface area contributed by atoms with Gasteiger partial charge in [0.15, 0.2) is 0 Å². The van der Waals surface area contributed by atoms with Crippen molar-refractivity contribution in [2.45, 2.75) is 6.54 Å². The van der Waals surface area contributed by atoms with E-state index >= 15 is 0 Å². The van der Waals surface area contributed by atoms with E-state index in [0.717, 1.165) is 0 Å². The molecular formula is C13H10ClF2N. The van der Waals surface area contributed by atoms with Gasteiger partial charge in [0.2, 0.25) is 0 Å². The van der Waals surface area contributed by atoms with Crippen LogP contribution < -0.4 is 5.32 Å². The Morgan fingerprint density at radius 2 is 1.76 bits per heavy atom. The highest BCUT2D eigenvalue weighted by Crippen LogP contribution is 2.17. The van der Waals surface area contributed by atoms with Gasteiger partial charge in [-0.1, -0.05) is 29.8 Å². The number of hydrogen-bond donors (Lipinski definition) is 1. The molecular weight excluding hydrogens is 244 g/mol. The Hall–Kier alpha value is -1.61. The first-order valence-electron chi connectivity index (χ1n) is 5.09. The number of halogens is 3. The molecule has 0 unspecified atom stereocenters. The van der Waals surface area contributed by atoms with E-state index in [0.29, 0.717) is 17.8 Å². The predicted octanol–water partition coefficient (Wildman–Crippen LogP) is 4.23. The van der Waals surface area contributed by atoms with Crippen LogP contribution in [0.3, 0.4) is 0 Å². The molecule has 17 heavy (non-hydrogen) atoms. The lowest BCUT2D eigenvalue weighted by atomic mass is 10.2. The second-order valence-corrected chi connectivity index (χ2v) is 3.99. The Kier molecular flexibility index (Phi) is 3.59. The third kappa shape index (κ3) is 2.94. The first-order valence-corrected chi connectivity index (χ1v) is 5.47. The Morgan fingerprint density at radius 3 is 2.47 bits per heavy atom. The summed E-state index contributed by atoms with van der Waals surface area (Å²) in [5, 5.41) is 2.97. The van der Waals surface area contributed by atoms with Crippen LogP contribution in [0.4, 0.5) is 14.5 Å². The highest BCUT2D eigenvalue weighted by Gasteiger charge is 2.03. The van der Waals surface area contributed by atoms with Gasteiger partial charge in [-0.3, -0.25) is 0 Å². The Morgan fingerprint density at radius 1 is 1.00 bits per heavy atom. The largest absolute Gasteiger partial charge is 0.379 e. The van der Waals surface area contributed by atoms with Gasteiger partial charge in [-0.2, -0.15) is 0 Å². The van der Waals surface area contributed by atoms with Gasteiger partial charge >= 0.3 is 0 Å². The number of anilines is 1. The van der Waals surface area contributed by atoms with E-state index in [9.17, 15) is 8.78 Å². The molecule has 88 valence electrons. The molecule has 2 aromatic carbocycles. The molecule has 1 N–H and O–H groups in total. The highest BCUT2D eigenvalue weighted by molar-refractivity contribution is 6.30. The third-order valence-corrected chi connectivity index (χ3v) is 2.65. The summed E-state index contributed by atoms with van der Waals surface area (Å²) in [7, 11) is 0. The fraction of sp³-hybridized carbons (Fsp3) is 0.0769. The molecule has 0 saturated carbocycles. The van der Waals surface area contributed by atoms with Crippen LogP contribution in [-0.2, 0) is 6.54 Å². The molecule has 4 heteroatoms. The van der Waals surface area contributed by atoms with E-state index in [1.165, 1.54) is 18.2 Å². The quantitative estimate of drug-likeness (QED) is 0.863. The maximum atomic E-state index is 13.3. The van der Waals surface area contributed by atoms with Crippen LogP contribution in [0.25, 0.3) is 0 Å². The average Bonchev–Trinajstić information content (AvgIpc) is 2.32. The summed E-state index contributed by atoms with van der Waals surface area (Å²) in [5.41, 5.74) is 1.10. The smallest absolute Gasteiger partial charge is 0.146 e. The SMILES string of the molecule is Fc1cc(CNc2ccccc2F)ccc1Cl. The minimum absolute atomic E-state index is 0.0830. The van der Waals surface area contributed by atoms with Crippen LogP contribution >= 0.6 is 11.6 Å². The number of hydrogen-bond acceptors (Lipinski definition) is 1. The number of rotatable bonds is 3. The van der Waals surface area contributed by atoms with Crippen molar-refractivity contribution in [1.82, 2.24) is 0 Å². The molecule has 0 radical (unpaired) electrons. The van der Waals surface area contributed by atoms with E-state index < -0.39 is 5.82 Å². The van der Waals surface area contributed by atoms with Crippen molar-refractivity contribution in [1.29, 1.82) is 0 Å². The van der Waals surface area contributed by atoms with Crippen LogP contribution in [0, 0.1) is 11.6 Å². The van der Waals surface area contributed by atoms with Crippen molar-refractivity contribution >= 4 is 17.3 Å². The minimum Gasteiger partial charge on any atom is -0.379 e. The maximum Gasteiger partial charge on any atom is 0.146 e. The van der Waals surface area contributed by atoms with Crippen LogP contribution in [0.5, 0.6) is 0 Å². The summed E-state index contributed by atoms with van der Waals surface area (Å²) in [4.78, 5) is 0. The molecule has 0 aliphatic heterocycles. The van der Waals surface area contributed by atoms with Crippen molar-refractivity contribution in [2.24, 2.45) is 0 Å². The molecule has 0 saturated heterocycles. The van der Waals surface area contributed by atoms with Gasteiger partial charge in [0.25, 0.3) is 0 Å². The van der Waals surface area contributed by atoms with Crippen molar-refractivity contribution in [3.05, 3.63) is 64.7 Å². The summed E-state index contributed by atoms with van der Waals surface area (Å²) < 4.78 is 26.4. The van der Waals surface area contributed by atoms with E-state index in [2.05, 4.69) is 5.32 Å². The van der Waals surface area contributed by atoms with Crippen LogP contribution in [0.1, 0.15) is 5.56 Å². The molecule has 0 aliphatic rings. The van der Waals surface area contributed by atoms with E-state index in [1.807, 2.05) is 0 Å². The van der Waals surface area contributed by atoms with Gasteiger partial charge < -0.3 is 5.32 Å². The minimum atomic E-state index is -0.473. The first kappa shape index (κ1) is 11.9. The number of benzene rings is 2. The van der Waals surface area contributed by atoms with E-state index in [-0.39, 0.29) is 10.8 Å². The summed E-state index contributed by atoms with van der Waals surface area (Å²) in [6.45, 7) is 0.342. The van der Waals surface area contributed by atoms with Crippen molar-refractivity contribution in [2.75, 3.05) is 5.32 Å². The fourth-order valence-electron chi connectivity index (χ4n) is 1.45. The van der Waals surface area contributed by atoms with Crippen molar-refractivity contribution in [3.8, 4) is 0 Å². The molecule has 2 aromatic rings. The average molecular weight is 254 g/mol. The summed E-state index contributed by atoms with van der Waals surface area (Å²) in [6.07, 6.45) is 0. The van der Waals surface area contributed by atoms with Crippen LogP contribution in [-0.4, -0.2) is 0 Å². The van der Waals surface area contributed by atoms with Gasteiger partial charge in [0.05, 0.1) is 10.7 Å². The predicted molar refractivity (Wildman–Crippen MR) is 65.1 cm³/mol. The Balaban J connectivity index is 2.08. The first-order chi connectivity index (χ1) is 8.16. The lowest BCUT2D eigenvalue weighted by molar-refractivity contribution is 0.625. The zero-order chi connectivity index (χ0) is 12.3. The van der Waals surface area contributed by atoms with Crippen LogP contribution in [0.15, 0.2) is 42.5 Å². The second-order valence-electron chi connectivity index (χ2n) is 3.58. The zero-order valence-electron chi connectivity index (χ0n) is 8.88. The van der Waals surface area contributed by atoms with Crippen molar-refractivity contribution in [3.63, 3.8) is 0 Å². The molecule has 0 heterocycles. The van der Waals surface area contributed by atoms with Gasteiger partial charge in [-0.25, -0.2) is 8.78 Å². The second kappa shape index (κ2) is 5.15. The van der Waals surface area contributed by atoms with Gasteiger partial charge in [0.1, 0.15) is 11.6 Å². The lowest BCUT2D eigenvalue weighted by Crippen LogP contribution is -2.01. The number of para-hydroxylation sites is 1. The molecule has 0 aromatic heterocycles. The topological polar surface area (TPSA) is 12.0 Å². The Labute approximate surface area is 103 Å². The number of nitrogens with one attached hydrogen (secondary N) is 1. The third-order valence-electron chi connectivity index (χ3n) is 2.34. The Bertz CT molecular complexity index is 529. The summed E-state index contributed by atoms with van der Waals surface area (Å²) in [5.74, 6) is -0.804. The summed E-state index contributed by atoms with van der Waals surface area (Å²) >= 11 is 5.57. The molecule has 0 bridgehead atoms. The molecule has 0 amide bonds. The van der Waals surface area contributed by atoms with E-state index in [4.69, 9.17) is 11.6 Å². The molecule has 1 nitrogen and oxygen atoms in total. The monoisotopic (exact) mass is 253 g/mol. The maximum absolute atomic E-state index is 13.3. The van der Waals surface area contributed by atoms with Gasteiger partial charge in [-0.15, -0.1) is 0 Å². The molecule has 0 spiro atoms. The highest BCUT2D eigenvalue weighted by atomic mass is 35.5. The molecule has 0 aliphatic carbocycles. The van der Waals surface area contributed by atoms with E-state index in [1.54, 1.807) is 24.3 Å².